The van der Waals surface area contributed by atoms with Gasteiger partial charge in [0.25, 0.3) is 0 Å². The second kappa shape index (κ2) is 6.33. The molecular formula is C15H11N3O2. The smallest absolute Gasteiger partial charge is 0.130 e. The fourth-order valence-electron chi connectivity index (χ4n) is 1.66. The number of aliphatic hydroxyl groups excluding tert-OH is 1. The minimum Gasteiger partial charge on any atom is -0.487 e. The van der Waals surface area contributed by atoms with E-state index in [4.69, 9.17) is 20.4 Å². The molecule has 98 valence electrons. The van der Waals surface area contributed by atoms with E-state index >= 15 is 0 Å². The molecule has 1 heterocycles. The molecule has 1 aromatic heterocycles. The predicted octanol–water partition coefficient (Wildman–Crippen LogP) is 1.90. The van der Waals surface area contributed by atoms with Crippen LogP contribution in [0.15, 0.2) is 36.4 Å². The molecule has 0 fully saturated rings. The molecule has 0 bridgehead atoms. The summed E-state index contributed by atoms with van der Waals surface area (Å²) in [5.74, 6) is 0.497. The van der Waals surface area contributed by atoms with Gasteiger partial charge in [0.15, 0.2) is 0 Å². The number of aliphatic hydroxyl groups is 1. The van der Waals surface area contributed by atoms with E-state index in [1.165, 1.54) is 6.07 Å². The summed E-state index contributed by atoms with van der Waals surface area (Å²) in [6.07, 6.45) is 0. The molecule has 0 aliphatic carbocycles. The third-order valence-corrected chi connectivity index (χ3v) is 2.65. The van der Waals surface area contributed by atoms with Crippen LogP contribution in [0, 0.1) is 22.7 Å². The minimum atomic E-state index is -0.122. The van der Waals surface area contributed by atoms with Gasteiger partial charge in [-0.1, -0.05) is 6.07 Å². The largest absolute Gasteiger partial charge is 0.487 e. The number of rotatable bonds is 4. The van der Waals surface area contributed by atoms with Gasteiger partial charge in [-0.15, -0.1) is 0 Å². The van der Waals surface area contributed by atoms with Crippen LogP contribution in [-0.4, -0.2) is 10.1 Å². The van der Waals surface area contributed by atoms with Crippen molar-refractivity contribution in [2.24, 2.45) is 0 Å². The number of benzene rings is 1. The van der Waals surface area contributed by atoms with Crippen LogP contribution in [0.5, 0.6) is 5.75 Å². The van der Waals surface area contributed by atoms with Crippen LogP contribution in [0.1, 0.15) is 22.5 Å². The molecule has 5 nitrogen and oxygen atoms in total. The summed E-state index contributed by atoms with van der Waals surface area (Å²) in [7, 11) is 0. The highest BCUT2D eigenvalue weighted by Crippen LogP contribution is 2.17. The zero-order chi connectivity index (χ0) is 14.4. The minimum absolute atomic E-state index is 0.122. The van der Waals surface area contributed by atoms with Crippen molar-refractivity contribution in [2.45, 2.75) is 13.2 Å². The summed E-state index contributed by atoms with van der Waals surface area (Å²) >= 11 is 0. The Morgan fingerprint density at radius 1 is 1.05 bits per heavy atom. The van der Waals surface area contributed by atoms with E-state index in [-0.39, 0.29) is 18.8 Å². The summed E-state index contributed by atoms with van der Waals surface area (Å²) in [4.78, 5) is 4.19. The Kier molecular flexibility index (Phi) is 4.28. The summed E-state index contributed by atoms with van der Waals surface area (Å²) in [6.45, 7) is 0.105. The van der Waals surface area contributed by atoms with Crippen LogP contribution in [-0.2, 0) is 13.2 Å². The lowest BCUT2D eigenvalue weighted by molar-refractivity contribution is 0.272. The average Bonchev–Trinajstić information content (AvgIpc) is 2.52. The first kappa shape index (κ1) is 13.5. The SMILES string of the molecule is N#Cc1ccc(OCc2cccc(CO)n2)cc1C#N. The Morgan fingerprint density at radius 3 is 2.50 bits per heavy atom. The van der Waals surface area contributed by atoms with Gasteiger partial charge in [0, 0.05) is 0 Å². The molecule has 2 aromatic rings. The zero-order valence-electron chi connectivity index (χ0n) is 10.6. The first-order chi connectivity index (χ1) is 9.76. The van der Waals surface area contributed by atoms with E-state index in [2.05, 4.69) is 4.98 Å². The Labute approximate surface area is 116 Å². The first-order valence-electron chi connectivity index (χ1n) is 5.89. The molecule has 0 aliphatic rings. The van der Waals surface area contributed by atoms with Crippen LogP contribution in [0.25, 0.3) is 0 Å². The highest BCUT2D eigenvalue weighted by atomic mass is 16.5. The first-order valence-corrected chi connectivity index (χ1v) is 5.89. The van der Waals surface area contributed by atoms with Gasteiger partial charge in [0.1, 0.15) is 24.5 Å². The zero-order valence-corrected chi connectivity index (χ0v) is 10.6. The highest BCUT2D eigenvalue weighted by Gasteiger charge is 2.04. The molecule has 1 N–H and O–H groups in total. The van der Waals surface area contributed by atoms with Crippen LogP contribution in [0.4, 0.5) is 0 Å². The Balaban J connectivity index is 2.11. The second-order valence-electron chi connectivity index (χ2n) is 4.00. The molecule has 5 heteroatoms. The number of nitriles is 2. The standard InChI is InChI=1S/C15H11N3O2/c16-7-11-4-5-15(6-12(11)8-17)20-10-14-3-1-2-13(9-19)18-14/h1-6,19H,9-10H2. The van der Waals surface area contributed by atoms with Crippen molar-refractivity contribution in [2.75, 3.05) is 0 Å². The van der Waals surface area contributed by atoms with E-state index < -0.39 is 0 Å². The lowest BCUT2D eigenvalue weighted by atomic mass is 10.1. The van der Waals surface area contributed by atoms with E-state index in [0.29, 0.717) is 22.7 Å². The molecule has 0 aliphatic heterocycles. The summed E-state index contributed by atoms with van der Waals surface area (Å²) < 4.78 is 5.53. The van der Waals surface area contributed by atoms with Crippen molar-refractivity contribution >= 4 is 0 Å². The van der Waals surface area contributed by atoms with E-state index in [9.17, 15) is 0 Å². The van der Waals surface area contributed by atoms with Gasteiger partial charge < -0.3 is 9.84 Å². The number of pyridine rings is 1. The molecule has 20 heavy (non-hydrogen) atoms. The number of nitrogens with zero attached hydrogens (tertiary/aromatic N) is 3. The number of hydrogen-bond donors (Lipinski definition) is 1. The van der Waals surface area contributed by atoms with Crippen molar-refractivity contribution in [3.8, 4) is 17.9 Å². The van der Waals surface area contributed by atoms with Gasteiger partial charge in [0.05, 0.1) is 29.1 Å². The summed E-state index contributed by atoms with van der Waals surface area (Å²) in [6, 6.07) is 13.9. The van der Waals surface area contributed by atoms with Gasteiger partial charge in [0.2, 0.25) is 0 Å². The van der Waals surface area contributed by atoms with Crippen LogP contribution >= 0.6 is 0 Å². The number of aromatic nitrogens is 1. The van der Waals surface area contributed by atoms with Gasteiger partial charge in [-0.05, 0) is 30.3 Å². The van der Waals surface area contributed by atoms with E-state index in [1.54, 1.807) is 30.3 Å². The maximum absolute atomic E-state index is 9.00. The van der Waals surface area contributed by atoms with Gasteiger partial charge in [-0.2, -0.15) is 10.5 Å². The summed E-state index contributed by atoms with van der Waals surface area (Å²) in [5.41, 5.74) is 1.85. The average molecular weight is 265 g/mol. The highest BCUT2D eigenvalue weighted by molar-refractivity contribution is 5.49. The van der Waals surface area contributed by atoms with Crippen molar-refractivity contribution in [3.05, 3.63) is 58.9 Å². The molecule has 2 rings (SSSR count). The molecule has 1 aromatic carbocycles. The fourth-order valence-corrected chi connectivity index (χ4v) is 1.66. The Bertz CT molecular complexity index is 699. The van der Waals surface area contributed by atoms with Gasteiger partial charge in [-0.25, -0.2) is 0 Å². The molecule has 0 radical (unpaired) electrons. The third-order valence-electron chi connectivity index (χ3n) is 2.65. The van der Waals surface area contributed by atoms with Gasteiger partial charge >= 0.3 is 0 Å². The molecule has 0 amide bonds. The molecular weight excluding hydrogens is 254 g/mol. The molecule has 0 spiro atoms. The molecule has 0 saturated carbocycles. The Morgan fingerprint density at radius 2 is 1.80 bits per heavy atom. The van der Waals surface area contributed by atoms with Crippen molar-refractivity contribution < 1.29 is 9.84 Å². The summed E-state index contributed by atoms with van der Waals surface area (Å²) in [5, 5.41) is 26.8. The topological polar surface area (TPSA) is 89.9 Å². The lowest BCUT2D eigenvalue weighted by Crippen LogP contribution is -2.01. The fraction of sp³-hybridized carbons (Fsp3) is 0.133. The predicted molar refractivity (Wildman–Crippen MR) is 70.4 cm³/mol. The normalized spacial score (nSPS) is 9.55. The van der Waals surface area contributed by atoms with Crippen LogP contribution in [0.2, 0.25) is 0 Å². The molecule has 0 atom stereocenters. The van der Waals surface area contributed by atoms with Crippen LogP contribution < -0.4 is 4.74 Å². The maximum atomic E-state index is 9.00. The number of ether oxygens (including phenoxy) is 1. The lowest BCUT2D eigenvalue weighted by Gasteiger charge is -2.07. The van der Waals surface area contributed by atoms with Gasteiger partial charge in [-0.3, -0.25) is 4.98 Å². The van der Waals surface area contributed by atoms with E-state index in [0.717, 1.165) is 0 Å². The van der Waals surface area contributed by atoms with Crippen molar-refractivity contribution in [3.63, 3.8) is 0 Å². The maximum Gasteiger partial charge on any atom is 0.130 e. The van der Waals surface area contributed by atoms with E-state index in [1.807, 2.05) is 12.1 Å². The monoisotopic (exact) mass is 265 g/mol. The van der Waals surface area contributed by atoms with Crippen molar-refractivity contribution in [1.82, 2.24) is 4.98 Å². The Hall–Kier alpha value is -2.89. The second-order valence-corrected chi connectivity index (χ2v) is 4.00. The van der Waals surface area contributed by atoms with Crippen molar-refractivity contribution in [1.29, 1.82) is 10.5 Å². The van der Waals surface area contributed by atoms with Crippen LogP contribution in [0.3, 0.4) is 0 Å². The quantitative estimate of drug-likeness (QED) is 0.911. The molecule has 0 unspecified atom stereocenters. The number of hydrogen-bond acceptors (Lipinski definition) is 5. The third kappa shape index (κ3) is 3.11. The molecule has 0 saturated heterocycles.